The second kappa shape index (κ2) is 10.9. The molecule has 0 aliphatic heterocycles. The van der Waals surface area contributed by atoms with Crippen molar-refractivity contribution in [1.82, 2.24) is 10.6 Å². The molecule has 3 rings (SSSR count). The van der Waals surface area contributed by atoms with Gasteiger partial charge in [-0.3, -0.25) is 0 Å². The van der Waals surface area contributed by atoms with Crippen LogP contribution < -0.4 is 15.4 Å². The van der Waals surface area contributed by atoms with Crippen LogP contribution in [0.2, 0.25) is 0 Å². The number of hydrogen-bond donors (Lipinski definition) is 4. The number of aliphatic hydroxyl groups is 1. The molecule has 0 saturated carbocycles. The van der Waals surface area contributed by atoms with Gasteiger partial charge in [-0.25, -0.2) is 4.99 Å². The van der Waals surface area contributed by atoms with Gasteiger partial charge in [0.25, 0.3) is 0 Å². The summed E-state index contributed by atoms with van der Waals surface area (Å²) in [6, 6.07) is 9.61. The van der Waals surface area contributed by atoms with E-state index in [0.717, 1.165) is 31.2 Å². The third-order valence-electron chi connectivity index (χ3n) is 5.32. The van der Waals surface area contributed by atoms with Gasteiger partial charge in [0.1, 0.15) is 11.5 Å². The monoisotopic (exact) mass is 433 g/mol. The molecule has 0 saturated heterocycles. The lowest BCUT2D eigenvalue weighted by atomic mass is 9.88. The Morgan fingerprint density at radius 3 is 2.55 bits per heavy atom. The molecule has 31 heavy (non-hydrogen) atoms. The first-order valence-corrected chi connectivity index (χ1v) is 10.6. The number of fused-ring (bicyclic) bond motifs is 1. The van der Waals surface area contributed by atoms with Crippen molar-refractivity contribution in [1.29, 1.82) is 0 Å². The van der Waals surface area contributed by atoms with Crippen molar-refractivity contribution in [2.45, 2.75) is 51.9 Å². The Morgan fingerprint density at radius 2 is 1.84 bits per heavy atom. The largest absolute Gasteiger partial charge is 0.508 e. The van der Waals surface area contributed by atoms with E-state index in [0.29, 0.717) is 24.6 Å². The highest BCUT2D eigenvalue weighted by Crippen LogP contribution is 2.31. The predicted octanol–water partition coefficient (Wildman–Crippen LogP) is 3.66. The Labute approximate surface area is 181 Å². The van der Waals surface area contributed by atoms with Crippen LogP contribution in [-0.4, -0.2) is 35.9 Å². The summed E-state index contributed by atoms with van der Waals surface area (Å²) in [5, 5.41) is 27.0. The van der Waals surface area contributed by atoms with Crippen LogP contribution in [0, 0.1) is 0 Å². The zero-order chi connectivity index (χ0) is 22.2. The summed E-state index contributed by atoms with van der Waals surface area (Å²) in [6.07, 6.45) is 3.39. The normalized spacial score (nSPS) is 14.8. The van der Waals surface area contributed by atoms with Crippen LogP contribution in [0.4, 0.5) is 8.78 Å². The summed E-state index contributed by atoms with van der Waals surface area (Å²) in [7, 11) is 0. The van der Waals surface area contributed by atoms with Crippen molar-refractivity contribution in [2.24, 2.45) is 4.99 Å². The number of phenolic OH excluding ortho intramolecular Hbond substituents is 1. The smallest absolute Gasteiger partial charge is 0.387 e. The summed E-state index contributed by atoms with van der Waals surface area (Å²) in [4.78, 5) is 4.59. The van der Waals surface area contributed by atoms with Crippen LogP contribution in [0.25, 0.3) is 0 Å². The fraction of sp³-hybridized carbons (Fsp3) is 0.435. The minimum absolute atomic E-state index is 0.0415. The molecule has 0 aromatic heterocycles. The predicted molar refractivity (Wildman–Crippen MR) is 116 cm³/mol. The first kappa shape index (κ1) is 22.8. The second-order valence-corrected chi connectivity index (χ2v) is 7.45. The molecule has 1 atom stereocenters. The highest BCUT2D eigenvalue weighted by atomic mass is 19.3. The number of hydrogen-bond acceptors (Lipinski definition) is 4. The number of aryl methyl sites for hydroxylation is 1. The lowest BCUT2D eigenvalue weighted by molar-refractivity contribution is -0.0498. The third kappa shape index (κ3) is 6.30. The van der Waals surface area contributed by atoms with E-state index in [1.165, 1.54) is 23.3 Å². The third-order valence-corrected chi connectivity index (χ3v) is 5.32. The van der Waals surface area contributed by atoms with Crippen molar-refractivity contribution < 1.29 is 23.7 Å². The first-order chi connectivity index (χ1) is 15.0. The summed E-state index contributed by atoms with van der Waals surface area (Å²) < 4.78 is 28.8. The number of aliphatic imine (C=N–C) groups is 1. The summed E-state index contributed by atoms with van der Waals surface area (Å²) in [5.41, 5.74) is 3.89. The Hall–Kier alpha value is -2.87. The standard InChI is InChI=1S/C23H29F2N3O3/c1-2-26-23(27-13-19-18-6-4-3-5-15(18)9-12-20(19)29)28-14-21(30)16-7-10-17(11-8-16)31-22(24)25/h7-12,21-22,29-30H,2-6,13-14H2,1H3,(H2,26,27,28). The fourth-order valence-electron chi connectivity index (χ4n) is 3.75. The molecule has 1 aliphatic carbocycles. The molecule has 6 nitrogen and oxygen atoms in total. The number of phenols is 1. The van der Waals surface area contributed by atoms with Crippen molar-refractivity contribution in [3.8, 4) is 11.5 Å². The first-order valence-electron chi connectivity index (χ1n) is 10.6. The average molecular weight is 433 g/mol. The maximum atomic E-state index is 12.3. The summed E-state index contributed by atoms with van der Waals surface area (Å²) in [5.74, 6) is 0.818. The maximum Gasteiger partial charge on any atom is 0.387 e. The number of benzene rings is 2. The number of alkyl halides is 2. The molecule has 1 unspecified atom stereocenters. The number of ether oxygens (including phenoxy) is 1. The molecule has 2 aromatic carbocycles. The van der Waals surface area contributed by atoms with E-state index in [4.69, 9.17) is 0 Å². The van der Waals surface area contributed by atoms with Crippen molar-refractivity contribution in [3.05, 3.63) is 58.7 Å². The number of rotatable bonds is 8. The Kier molecular flexibility index (Phi) is 8.06. The summed E-state index contributed by atoms with van der Waals surface area (Å²) in [6.45, 7) is 0.211. The topological polar surface area (TPSA) is 86.1 Å². The number of guanidine groups is 1. The molecule has 2 aromatic rings. The zero-order valence-corrected chi connectivity index (χ0v) is 17.6. The zero-order valence-electron chi connectivity index (χ0n) is 17.6. The second-order valence-electron chi connectivity index (χ2n) is 7.45. The molecule has 0 fully saturated rings. The molecule has 0 radical (unpaired) electrons. The van der Waals surface area contributed by atoms with Crippen molar-refractivity contribution >= 4 is 5.96 Å². The number of aliphatic hydroxyl groups excluding tert-OH is 1. The molecular weight excluding hydrogens is 404 g/mol. The lowest BCUT2D eigenvalue weighted by Gasteiger charge is -2.20. The SMILES string of the molecule is CCNC(=NCc1c(O)ccc2c1CCCC2)NCC(O)c1ccc(OC(F)F)cc1. The number of halogens is 2. The molecule has 1 aliphatic rings. The van der Waals surface area contributed by atoms with Gasteiger partial charge in [-0.05, 0) is 67.5 Å². The minimum Gasteiger partial charge on any atom is -0.508 e. The molecule has 0 heterocycles. The van der Waals surface area contributed by atoms with Crippen LogP contribution in [0.1, 0.15) is 48.1 Å². The maximum absolute atomic E-state index is 12.3. The van der Waals surface area contributed by atoms with E-state index in [9.17, 15) is 19.0 Å². The Bertz CT molecular complexity index is 888. The Balaban J connectivity index is 1.64. The average Bonchev–Trinajstić information content (AvgIpc) is 2.76. The van der Waals surface area contributed by atoms with Crippen LogP contribution in [0.5, 0.6) is 11.5 Å². The number of nitrogens with zero attached hydrogens (tertiary/aromatic N) is 1. The highest BCUT2D eigenvalue weighted by Gasteiger charge is 2.16. The molecule has 4 N–H and O–H groups in total. The van der Waals surface area contributed by atoms with Gasteiger partial charge in [0.2, 0.25) is 0 Å². The highest BCUT2D eigenvalue weighted by molar-refractivity contribution is 5.79. The van der Waals surface area contributed by atoms with Gasteiger partial charge in [-0.2, -0.15) is 8.78 Å². The Morgan fingerprint density at radius 1 is 1.10 bits per heavy atom. The van der Waals surface area contributed by atoms with Crippen molar-refractivity contribution in [3.63, 3.8) is 0 Å². The van der Waals surface area contributed by atoms with Gasteiger partial charge in [0.05, 0.1) is 12.6 Å². The van der Waals surface area contributed by atoms with Gasteiger partial charge in [0, 0.05) is 18.7 Å². The molecule has 168 valence electrons. The van der Waals surface area contributed by atoms with E-state index in [1.54, 1.807) is 18.2 Å². The van der Waals surface area contributed by atoms with Crippen LogP contribution >= 0.6 is 0 Å². The minimum atomic E-state index is -2.88. The van der Waals surface area contributed by atoms with E-state index in [-0.39, 0.29) is 18.0 Å². The number of nitrogens with one attached hydrogen (secondary N) is 2. The molecule has 0 spiro atoms. The summed E-state index contributed by atoms with van der Waals surface area (Å²) >= 11 is 0. The van der Waals surface area contributed by atoms with Crippen LogP contribution in [0.15, 0.2) is 41.4 Å². The van der Waals surface area contributed by atoms with Crippen LogP contribution in [0.3, 0.4) is 0 Å². The molecule has 0 bridgehead atoms. The van der Waals surface area contributed by atoms with E-state index in [1.807, 2.05) is 13.0 Å². The van der Waals surface area contributed by atoms with Gasteiger partial charge in [-0.1, -0.05) is 18.2 Å². The van der Waals surface area contributed by atoms with E-state index >= 15 is 0 Å². The fourth-order valence-corrected chi connectivity index (χ4v) is 3.75. The molecule has 0 amide bonds. The lowest BCUT2D eigenvalue weighted by Crippen LogP contribution is -2.39. The van der Waals surface area contributed by atoms with Gasteiger partial charge >= 0.3 is 6.61 Å². The molecule has 8 heteroatoms. The quantitative estimate of drug-likeness (QED) is 0.377. The van der Waals surface area contributed by atoms with Gasteiger partial charge in [0.15, 0.2) is 5.96 Å². The van der Waals surface area contributed by atoms with E-state index < -0.39 is 12.7 Å². The molecular formula is C23H29F2N3O3. The van der Waals surface area contributed by atoms with Gasteiger partial charge < -0.3 is 25.6 Å². The van der Waals surface area contributed by atoms with Crippen LogP contribution in [-0.2, 0) is 19.4 Å². The van der Waals surface area contributed by atoms with Crippen molar-refractivity contribution in [2.75, 3.05) is 13.1 Å². The van der Waals surface area contributed by atoms with E-state index in [2.05, 4.69) is 20.4 Å². The number of aromatic hydroxyl groups is 1. The van der Waals surface area contributed by atoms with Gasteiger partial charge in [-0.15, -0.1) is 0 Å².